The Morgan fingerprint density at radius 2 is 2.08 bits per heavy atom. The van der Waals surface area contributed by atoms with Gasteiger partial charge in [0.25, 0.3) is 0 Å². The highest BCUT2D eigenvalue weighted by molar-refractivity contribution is 5.90. The summed E-state index contributed by atoms with van der Waals surface area (Å²) in [4.78, 5) is 11.3. The van der Waals surface area contributed by atoms with E-state index in [-0.39, 0.29) is 11.7 Å². The van der Waals surface area contributed by atoms with Crippen LogP contribution in [0.5, 0.6) is 5.75 Å². The Kier molecular flexibility index (Phi) is 5.11. The molecule has 5 nitrogen and oxygen atoms in total. The molecule has 1 atom stereocenters. The van der Waals surface area contributed by atoms with E-state index in [0.717, 1.165) is 12.1 Å². The van der Waals surface area contributed by atoms with Crippen LogP contribution in [0.2, 0.25) is 0 Å². The molecule has 0 saturated heterocycles. The Bertz CT molecular complexity index is 760. The molecule has 1 amide bonds. The van der Waals surface area contributed by atoms with E-state index in [1.807, 2.05) is 0 Å². The van der Waals surface area contributed by atoms with Crippen molar-refractivity contribution in [3.8, 4) is 17.0 Å². The largest absolute Gasteiger partial charge is 0.507 e. The zero-order valence-corrected chi connectivity index (χ0v) is 15.2. The summed E-state index contributed by atoms with van der Waals surface area (Å²) in [5.41, 5.74) is 3.37. The predicted octanol–water partition coefficient (Wildman–Crippen LogP) is 4.84. The molecule has 134 valence electrons. The van der Waals surface area contributed by atoms with E-state index in [9.17, 15) is 9.90 Å². The lowest BCUT2D eigenvalue weighted by atomic mass is 10.0. The summed E-state index contributed by atoms with van der Waals surface area (Å²) in [6.45, 7) is 5.82. The van der Waals surface area contributed by atoms with Gasteiger partial charge in [0.05, 0.1) is 5.69 Å². The van der Waals surface area contributed by atoms with E-state index in [4.69, 9.17) is 5.10 Å². The van der Waals surface area contributed by atoms with Gasteiger partial charge in [0.15, 0.2) is 0 Å². The van der Waals surface area contributed by atoms with Crippen molar-refractivity contribution in [2.45, 2.75) is 64.8 Å². The third-order valence-corrected chi connectivity index (χ3v) is 5.14. The SMILES string of the molecule is CCC(C)n1nc(-c2cc(NC(C)=O)ccc2O)cc1C1CCCC1. The van der Waals surface area contributed by atoms with Crippen molar-refractivity contribution in [2.24, 2.45) is 0 Å². The lowest BCUT2D eigenvalue weighted by Crippen LogP contribution is -2.11. The monoisotopic (exact) mass is 341 g/mol. The first-order chi connectivity index (χ1) is 12.0. The molecule has 0 spiro atoms. The van der Waals surface area contributed by atoms with Crippen LogP contribution in [-0.2, 0) is 4.79 Å². The molecule has 0 bridgehead atoms. The van der Waals surface area contributed by atoms with Gasteiger partial charge in [-0.05, 0) is 50.5 Å². The predicted molar refractivity (Wildman–Crippen MR) is 99.8 cm³/mol. The van der Waals surface area contributed by atoms with Gasteiger partial charge in [-0.15, -0.1) is 0 Å². The third kappa shape index (κ3) is 3.70. The van der Waals surface area contributed by atoms with Crippen molar-refractivity contribution in [1.82, 2.24) is 9.78 Å². The van der Waals surface area contributed by atoms with Gasteiger partial charge in [0.1, 0.15) is 5.75 Å². The molecule has 1 aliphatic rings. The van der Waals surface area contributed by atoms with Crippen LogP contribution in [0, 0.1) is 0 Å². The normalized spacial score (nSPS) is 16.1. The molecule has 2 N–H and O–H groups in total. The number of hydrogen-bond donors (Lipinski definition) is 2. The molecular weight excluding hydrogens is 314 g/mol. The van der Waals surface area contributed by atoms with Crippen LogP contribution in [0.4, 0.5) is 5.69 Å². The minimum Gasteiger partial charge on any atom is -0.507 e. The molecule has 1 fully saturated rings. The van der Waals surface area contributed by atoms with Crippen LogP contribution >= 0.6 is 0 Å². The lowest BCUT2D eigenvalue weighted by Gasteiger charge is -2.17. The Hall–Kier alpha value is -2.30. The quantitative estimate of drug-likeness (QED) is 0.765. The van der Waals surface area contributed by atoms with E-state index in [1.54, 1.807) is 18.2 Å². The molecule has 1 aromatic carbocycles. The van der Waals surface area contributed by atoms with E-state index >= 15 is 0 Å². The van der Waals surface area contributed by atoms with Crippen molar-refractivity contribution in [1.29, 1.82) is 0 Å². The second-order valence-electron chi connectivity index (χ2n) is 7.05. The molecule has 3 rings (SSSR count). The van der Waals surface area contributed by atoms with Crippen LogP contribution in [0.15, 0.2) is 24.3 Å². The van der Waals surface area contributed by atoms with Crippen molar-refractivity contribution in [3.63, 3.8) is 0 Å². The molecule has 0 radical (unpaired) electrons. The minimum absolute atomic E-state index is 0.131. The summed E-state index contributed by atoms with van der Waals surface area (Å²) in [5, 5.41) is 17.9. The first kappa shape index (κ1) is 17.5. The molecule has 25 heavy (non-hydrogen) atoms. The Labute approximate surface area is 149 Å². The van der Waals surface area contributed by atoms with Crippen LogP contribution in [0.3, 0.4) is 0 Å². The van der Waals surface area contributed by atoms with Crippen LogP contribution < -0.4 is 5.32 Å². The smallest absolute Gasteiger partial charge is 0.221 e. The summed E-state index contributed by atoms with van der Waals surface area (Å²) in [6, 6.07) is 7.54. The minimum atomic E-state index is -0.131. The van der Waals surface area contributed by atoms with E-state index in [1.165, 1.54) is 38.3 Å². The average Bonchev–Trinajstić information content (AvgIpc) is 3.24. The van der Waals surface area contributed by atoms with Crippen molar-refractivity contribution >= 4 is 11.6 Å². The van der Waals surface area contributed by atoms with E-state index in [0.29, 0.717) is 23.2 Å². The molecule has 0 aliphatic heterocycles. The molecular formula is C20H27N3O2. The highest BCUT2D eigenvalue weighted by atomic mass is 16.3. The number of nitrogens with zero attached hydrogens (tertiary/aromatic N) is 2. The number of nitrogens with one attached hydrogen (secondary N) is 1. The highest BCUT2D eigenvalue weighted by Gasteiger charge is 2.24. The standard InChI is InChI=1S/C20H27N3O2/c1-4-13(2)23-19(15-7-5-6-8-15)12-18(22-23)17-11-16(21-14(3)24)9-10-20(17)25/h9-13,15,25H,4-8H2,1-3H3,(H,21,24). The van der Waals surface area contributed by atoms with Gasteiger partial charge >= 0.3 is 0 Å². The first-order valence-corrected chi connectivity index (χ1v) is 9.20. The number of phenols is 1. The zero-order chi connectivity index (χ0) is 18.0. The Balaban J connectivity index is 2.03. The van der Waals surface area contributed by atoms with Crippen LogP contribution in [-0.4, -0.2) is 20.8 Å². The maximum Gasteiger partial charge on any atom is 0.221 e. The number of aromatic nitrogens is 2. The second-order valence-corrected chi connectivity index (χ2v) is 7.05. The third-order valence-electron chi connectivity index (χ3n) is 5.14. The number of rotatable bonds is 5. The summed E-state index contributed by atoms with van der Waals surface area (Å²) in [7, 11) is 0. The van der Waals surface area contributed by atoms with Crippen LogP contribution in [0.25, 0.3) is 11.3 Å². The number of carbonyl (C=O) groups is 1. The van der Waals surface area contributed by atoms with Crippen molar-refractivity contribution in [3.05, 3.63) is 30.0 Å². The maximum atomic E-state index is 11.3. The molecule has 1 aromatic heterocycles. The van der Waals surface area contributed by atoms with Gasteiger partial charge in [-0.25, -0.2) is 0 Å². The maximum absolute atomic E-state index is 11.3. The molecule has 1 aliphatic carbocycles. The van der Waals surface area contributed by atoms with Gasteiger partial charge in [-0.3, -0.25) is 9.48 Å². The number of benzene rings is 1. The second kappa shape index (κ2) is 7.30. The number of amides is 1. The number of aromatic hydroxyl groups is 1. The number of carbonyl (C=O) groups excluding carboxylic acids is 1. The topological polar surface area (TPSA) is 67.2 Å². The summed E-state index contributed by atoms with van der Waals surface area (Å²) < 4.78 is 2.13. The van der Waals surface area contributed by atoms with Crippen LogP contribution in [0.1, 0.15) is 70.5 Å². The van der Waals surface area contributed by atoms with Crippen molar-refractivity contribution in [2.75, 3.05) is 5.32 Å². The Morgan fingerprint density at radius 3 is 2.72 bits per heavy atom. The van der Waals surface area contributed by atoms with Gasteiger partial charge in [0.2, 0.25) is 5.91 Å². The highest BCUT2D eigenvalue weighted by Crippen LogP contribution is 2.39. The Morgan fingerprint density at radius 1 is 1.36 bits per heavy atom. The number of anilines is 1. The molecule has 2 aromatic rings. The average molecular weight is 341 g/mol. The fraction of sp³-hybridized carbons (Fsp3) is 0.500. The fourth-order valence-corrected chi connectivity index (χ4v) is 3.62. The molecule has 1 unspecified atom stereocenters. The molecule has 1 saturated carbocycles. The zero-order valence-electron chi connectivity index (χ0n) is 15.2. The summed E-state index contributed by atoms with van der Waals surface area (Å²) >= 11 is 0. The van der Waals surface area contributed by atoms with Gasteiger partial charge in [0, 0.05) is 35.8 Å². The lowest BCUT2D eigenvalue weighted by molar-refractivity contribution is -0.114. The molecule has 5 heteroatoms. The number of phenolic OH excluding ortho intramolecular Hbond substituents is 1. The number of hydrogen-bond acceptors (Lipinski definition) is 3. The van der Waals surface area contributed by atoms with Crippen molar-refractivity contribution < 1.29 is 9.90 Å². The molecule has 1 heterocycles. The fourth-order valence-electron chi connectivity index (χ4n) is 3.62. The summed E-state index contributed by atoms with van der Waals surface area (Å²) in [6.07, 6.45) is 5.97. The van der Waals surface area contributed by atoms with E-state index in [2.05, 4.69) is 29.9 Å². The van der Waals surface area contributed by atoms with Gasteiger partial charge in [-0.1, -0.05) is 19.8 Å². The van der Waals surface area contributed by atoms with Gasteiger partial charge < -0.3 is 10.4 Å². The van der Waals surface area contributed by atoms with Gasteiger partial charge in [-0.2, -0.15) is 5.10 Å². The summed E-state index contributed by atoms with van der Waals surface area (Å²) in [5.74, 6) is 0.602. The van der Waals surface area contributed by atoms with E-state index < -0.39 is 0 Å². The first-order valence-electron chi connectivity index (χ1n) is 9.20.